The maximum Gasteiger partial charge on any atom is 0.242 e. The molecule has 0 unspecified atom stereocenters. The predicted octanol–water partition coefficient (Wildman–Crippen LogP) is 10.9. The Labute approximate surface area is 347 Å². The molecule has 7 aromatic carbocycles. The van der Waals surface area contributed by atoms with E-state index in [1.807, 2.05) is 70.9 Å². The van der Waals surface area contributed by atoms with Crippen molar-refractivity contribution in [3.05, 3.63) is 176 Å². The van der Waals surface area contributed by atoms with E-state index in [2.05, 4.69) is 142 Å². The second kappa shape index (κ2) is 13.1. The van der Waals surface area contributed by atoms with Gasteiger partial charge in [0, 0.05) is 78.6 Å². The molecule has 0 bridgehead atoms. The number of imidazole rings is 1. The van der Waals surface area contributed by atoms with Gasteiger partial charge in [0.1, 0.15) is 5.82 Å². The number of pyridine rings is 1. The first kappa shape index (κ1) is 34.3. The summed E-state index contributed by atoms with van der Waals surface area (Å²) in [5.41, 5.74) is 10.7. The van der Waals surface area contributed by atoms with Crippen LogP contribution in [0.1, 0.15) is 0 Å². The molecule has 7 nitrogen and oxygen atoms in total. The van der Waals surface area contributed by atoms with E-state index in [0.717, 1.165) is 66.5 Å². The minimum atomic E-state index is 0. The Kier molecular flexibility index (Phi) is 7.72. The van der Waals surface area contributed by atoms with Crippen LogP contribution in [-0.4, -0.2) is 23.3 Å². The average molecular weight is 928 g/mol. The van der Waals surface area contributed by atoms with Crippen molar-refractivity contribution < 1.29 is 30.4 Å². The summed E-state index contributed by atoms with van der Waals surface area (Å²) in [6.45, 7) is 0. The summed E-state index contributed by atoms with van der Waals surface area (Å²) in [4.78, 5) is 4.98. The van der Waals surface area contributed by atoms with Crippen molar-refractivity contribution in [1.82, 2.24) is 23.3 Å². The summed E-state index contributed by atoms with van der Waals surface area (Å²) >= 11 is 0. The maximum atomic E-state index is 6.65. The first-order chi connectivity index (χ1) is 28.1. The summed E-state index contributed by atoms with van der Waals surface area (Å²) in [6, 6.07) is 59.9. The zero-order chi connectivity index (χ0) is 37.8. The Balaban J connectivity index is 0.00000385. The van der Waals surface area contributed by atoms with Crippen LogP contribution in [0.25, 0.3) is 93.6 Å². The summed E-state index contributed by atoms with van der Waals surface area (Å²) in [5.74, 6) is 1.97. The number of rotatable bonds is 5. The van der Waals surface area contributed by atoms with E-state index < -0.39 is 0 Å². The maximum absolute atomic E-state index is 6.65. The molecule has 5 aromatic heterocycles. The Morgan fingerprint density at radius 3 is 2.03 bits per heavy atom. The van der Waals surface area contributed by atoms with Crippen molar-refractivity contribution in [3.63, 3.8) is 0 Å². The molecule has 0 saturated carbocycles. The van der Waals surface area contributed by atoms with Crippen LogP contribution in [0.15, 0.2) is 158 Å². The van der Waals surface area contributed by atoms with Crippen molar-refractivity contribution >= 4 is 76.5 Å². The number of aromatic nitrogens is 6. The van der Waals surface area contributed by atoms with E-state index in [4.69, 9.17) is 9.72 Å². The second-order valence-electron chi connectivity index (χ2n) is 14.5. The van der Waals surface area contributed by atoms with Crippen molar-refractivity contribution in [2.24, 2.45) is 14.1 Å². The molecule has 12 rings (SSSR count). The number of nitrogens with zero attached hydrogens (tertiary/aromatic N) is 6. The SMILES string of the molecule is Cn1[c-][n+](-c2[c-]c(Oc3[c-]c4c(cc3)c3c5c6ccccc6n(C)c5c5c(c6ccccc6n5-c5ccccc5)c3n4-c3ccccn3)ccc2)c2ccccc21.[Pt]. The fourth-order valence-electron chi connectivity index (χ4n) is 9.05. The minimum Gasteiger partial charge on any atom is -0.510 e. The fourth-order valence-corrected chi connectivity index (χ4v) is 9.05. The summed E-state index contributed by atoms with van der Waals surface area (Å²) < 4.78 is 17.7. The van der Waals surface area contributed by atoms with E-state index >= 15 is 0 Å². The summed E-state index contributed by atoms with van der Waals surface area (Å²) in [5, 5.41) is 6.94. The number of fused-ring (bicyclic) bond motifs is 13. The molecular weight excluding hydrogens is 896 g/mol. The van der Waals surface area contributed by atoms with Gasteiger partial charge >= 0.3 is 0 Å². The third kappa shape index (κ3) is 4.83. The molecule has 0 aliphatic rings. The smallest absolute Gasteiger partial charge is 0.242 e. The van der Waals surface area contributed by atoms with Crippen LogP contribution >= 0.6 is 0 Å². The number of aryl methyl sites for hydroxylation is 2. The van der Waals surface area contributed by atoms with Crippen LogP contribution in [0.4, 0.5) is 0 Å². The van der Waals surface area contributed by atoms with Gasteiger partial charge in [-0.2, -0.15) is 18.2 Å². The van der Waals surface area contributed by atoms with Crippen LogP contribution in [0.3, 0.4) is 0 Å². The van der Waals surface area contributed by atoms with Gasteiger partial charge < -0.3 is 27.6 Å². The molecule has 0 spiro atoms. The first-order valence-corrected chi connectivity index (χ1v) is 19.0. The van der Waals surface area contributed by atoms with Crippen LogP contribution in [0.5, 0.6) is 11.5 Å². The van der Waals surface area contributed by atoms with E-state index in [1.165, 1.54) is 27.2 Å². The van der Waals surface area contributed by atoms with Gasteiger partial charge in [0.25, 0.3) is 0 Å². The molecular formula is C50H32N6OPt-2. The number of ether oxygens (including phenoxy) is 1. The van der Waals surface area contributed by atoms with Gasteiger partial charge in [-0.1, -0.05) is 96.1 Å². The molecule has 0 atom stereocenters. The average Bonchev–Trinajstić information content (AvgIpc) is 3.98. The molecule has 280 valence electrons. The van der Waals surface area contributed by atoms with Crippen molar-refractivity contribution in [2.75, 3.05) is 0 Å². The standard InChI is InChI=1S/C50H32N6O.Pt/c1-52-31-54(42-24-11-10-23-41(42)52)33-17-14-18-34(29-33)57-35-26-27-38-43(30-35)56(44-25-12-13-28-51-44)48-45(38)46-36-19-6-8-21-39(36)53(2)49(46)50-47(48)37-20-7-9-22-40(37)55(50)32-15-4-3-5-16-32;/h3-28H,1-2H3;/q-2;. The zero-order valence-corrected chi connectivity index (χ0v) is 33.7. The number of para-hydroxylation sites is 5. The molecule has 0 fully saturated rings. The molecule has 0 radical (unpaired) electrons. The largest absolute Gasteiger partial charge is 0.510 e. The topological polar surface area (TPSA) is 45.7 Å². The van der Waals surface area contributed by atoms with Gasteiger partial charge in [0.05, 0.1) is 40.1 Å². The van der Waals surface area contributed by atoms with Crippen molar-refractivity contribution in [2.45, 2.75) is 0 Å². The monoisotopic (exact) mass is 927 g/mol. The van der Waals surface area contributed by atoms with E-state index in [0.29, 0.717) is 11.5 Å². The van der Waals surface area contributed by atoms with E-state index in [1.54, 1.807) is 0 Å². The van der Waals surface area contributed by atoms with Crippen LogP contribution in [-0.2, 0) is 35.2 Å². The van der Waals surface area contributed by atoms with Crippen molar-refractivity contribution in [1.29, 1.82) is 0 Å². The normalized spacial score (nSPS) is 11.8. The minimum absolute atomic E-state index is 0. The Bertz CT molecular complexity index is 3580. The first-order valence-electron chi connectivity index (χ1n) is 19.0. The molecule has 12 aromatic rings. The summed E-state index contributed by atoms with van der Waals surface area (Å²) in [6.07, 6.45) is 5.28. The Morgan fingerprint density at radius 2 is 1.22 bits per heavy atom. The molecule has 0 amide bonds. The predicted molar refractivity (Wildman–Crippen MR) is 228 cm³/mol. The summed E-state index contributed by atoms with van der Waals surface area (Å²) in [7, 11) is 4.20. The molecule has 0 aliphatic heterocycles. The molecule has 0 aliphatic carbocycles. The number of benzene rings is 7. The zero-order valence-electron chi connectivity index (χ0n) is 31.4. The third-order valence-electron chi connectivity index (χ3n) is 11.4. The van der Waals surface area contributed by atoms with Crippen LogP contribution in [0.2, 0.25) is 0 Å². The Hall–Kier alpha value is -6.95. The van der Waals surface area contributed by atoms with Gasteiger partial charge in [0.2, 0.25) is 6.33 Å². The number of hydrogen-bond acceptors (Lipinski definition) is 2. The van der Waals surface area contributed by atoms with Gasteiger partial charge in [-0.3, -0.25) is 0 Å². The quantitative estimate of drug-likeness (QED) is 0.128. The van der Waals surface area contributed by atoms with Gasteiger partial charge in [-0.05, 0) is 41.8 Å². The van der Waals surface area contributed by atoms with Gasteiger partial charge in [-0.25, -0.2) is 4.98 Å². The molecule has 58 heavy (non-hydrogen) atoms. The van der Waals surface area contributed by atoms with Crippen LogP contribution in [0, 0.1) is 18.5 Å². The molecule has 0 N–H and O–H groups in total. The second-order valence-corrected chi connectivity index (χ2v) is 14.5. The van der Waals surface area contributed by atoms with E-state index in [-0.39, 0.29) is 21.1 Å². The molecule has 0 saturated heterocycles. The molecule has 5 heterocycles. The fraction of sp³-hybridized carbons (Fsp3) is 0.0400. The van der Waals surface area contributed by atoms with Crippen LogP contribution < -0.4 is 9.30 Å². The van der Waals surface area contributed by atoms with E-state index in [9.17, 15) is 0 Å². The van der Waals surface area contributed by atoms with Crippen molar-refractivity contribution in [3.8, 4) is 28.7 Å². The van der Waals surface area contributed by atoms with Gasteiger partial charge in [0.15, 0.2) is 0 Å². The number of hydrogen-bond donors (Lipinski definition) is 0. The molecule has 8 heteroatoms. The van der Waals surface area contributed by atoms with Gasteiger partial charge in [-0.15, -0.1) is 29.7 Å². The Morgan fingerprint density at radius 1 is 0.534 bits per heavy atom. The third-order valence-corrected chi connectivity index (χ3v) is 11.4.